The zero-order valence-electron chi connectivity index (χ0n) is 9.65. The van der Waals surface area contributed by atoms with Crippen molar-refractivity contribution in [2.24, 2.45) is 4.40 Å². The molecule has 88 valence electrons. The number of Topliss-reactive ketones (excluding diaryl/α,β-unsaturated/α-hetero) is 1. The van der Waals surface area contributed by atoms with Gasteiger partial charge < -0.3 is 0 Å². The van der Waals surface area contributed by atoms with Crippen molar-refractivity contribution >= 4 is 21.5 Å². The van der Waals surface area contributed by atoms with E-state index in [9.17, 15) is 13.2 Å². The van der Waals surface area contributed by atoms with Crippen molar-refractivity contribution in [1.82, 2.24) is 0 Å². The summed E-state index contributed by atoms with van der Waals surface area (Å²) in [6.07, 6.45) is 3.54. The quantitative estimate of drug-likeness (QED) is 0.706. The summed E-state index contributed by atoms with van der Waals surface area (Å²) in [5, 5.41) is 0. The molecule has 0 heterocycles. The molecule has 1 aliphatic rings. The van der Waals surface area contributed by atoms with Gasteiger partial charge in [-0.2, -0.15) is 4.40 Å². The summed E-state index contributed by atoms with van der Waals surface area (Å²) in [6, 6.07) is 0. The minimum Gasteiger partial charge on any atom is -0.289 e. The zero-order chi connectivity index (χ0) is 12.3. The first kappa shape index (κ1) is 12.8. The standard InChI is InChI=1S/C11H15NO3S/c1-4-5-16(14,15)12-10-6-8(2)11(13)9(3)7-10/h6-7H,4-5H2,1-3H3. The van der Waals surface area contributed by atoms with E-state index in [4.69, 9.17) is 0 Å². The maximum atomic E-state index is 11.5. The molecule has 1 rings (SSSR count). The second kappa shape index (κ2) is 4.74. The number of nitrogens with zero attached hydrogens (tertiary/aromatic N) is 1. The van der Waals surface area contributed by atoms with Gasteiger partial charge in [-0.3, -0.25) is 4.79 Å². The normalized spacial score (nSPS) is 16.9. The number of ketones is 1. The molecule has 0 aromatic rings. The van der Waals surface area contributed by atoms with Gasteiger partial charge in [0.15, 0.2) is 5.78 Å². The van der Waals surface area contributed by atoms with Gasteiger partial charge in [0.1, 0.15) is 0 Å². The van der Waals surface area contributed by atoms with Gasteiger partial charge in [0.05, 0.1) is 11.5 Å². The van der Waals surface area contributed by atoms with Crippen LogP contribution in [0.3, 0.4) is 0 Å². The van der Waals surface area contributed by atoms with E-state index in [2.05, 4.69) is 4.40 Å². The Hall–Kier alpha value is -1.23. The van der Waals surface area contributed by atoms with E-state index in [1.807, 2.05) is 0 Å². The highest BCUT2D eigenvalue weighted by Crippen LogP contribution is 2.13. The van der Waals surface area contributed by atoms with Crippen molar-refractivity contribution in [3.63, 3.8) is 0 Å². The summed E-state index contributed by atoms with van der Waals surface area (Å²) < 4.78 is 26.6. The topological polar surface area (TPSA) is 63.6 Å². The lowest BCUT2D eigenvalue weighted by atomic mass is 9.98. The molecule has 1 aliphatic carbocycles. The number of sulfonamides is 1. The van der Waals surface area contributed by atoms with Crippen LogP contribution in [0.2, 0.25) is 0 Å². The molecule has 4 nitrogen and oxygen atoms in total. The van der Waals surface area contributed by atoms with Gasteiger partial charge in [-0.1, -0.05) is 6.92 Å². The number of carbonyl (C=O) groups excluding carboxylic acids is 1. The van der Waals surface area contributed by atoms with E-state index in [0.717, 1.165) is 0 Å². The third kappa shape index (κ3) is 3.13. The molecule has 0 radical (unpaired) electrons. The molecule has 0 amide bonds. The van der Waals surface area contributed by atoms with Gasteiger partial charge in [-0.25, -0.2) is 8.42 Å². The van der Waals surface area contributed by atoms with Crippen LogP contribution in [0.1, 0.15) is 27.2 Å². The minimum atomic E-state index is -3.41. The Morgan fingerprint density at radius 2 is 1.69 bits per heavy atom. The summed E-state index contributed by atoms with van der Waals surface area (Å²) in [4.78, 5) is 11.4. The van der Waals surface area contributed by atoms with E-state index >= 15 is 0 Å². The second-order valence-electron chi connectivity index (χ2n) is 3.79. The Morgan fingerprint density at radius 3 is 2.12 bits per heavy atom. The first-order valence-corrected chi connectivity index (χ1v) is 6.70. The lowest BCUT2D eigenvalue weighted by Gasteiger charge is -2.08. The van der Waals surface area contributed by atoms with Gasteiger partial charge in [0.25, 0.3) is 10.0 Å². The van der Waals surface area contributed by atoms with Crippen LogP contribution in [-0.2, 0) is 14.8 Å². The van der Waals surface area contributed by atoms with Crippen LogP contribution in [-0.4, -0.2) is 25.7 Å². The minimum absolute atomic E-state index is 0.0320. The maximum absolute atomic E-state index is 11.5. The van der Waals surface area contributed by atoms with Crippen LogP contribution in [0.15, 0.2) is 27.7 Å². The fraction of sp³-hybridized carbons (Fsp3) is 0.455. The third-order valence-electron chi connectivity index (χ3n) is 2.15. The van der Waals surface area contributed by atoms with E-state index < -0.39 is 10.0 Å². The van der Waals surface area contributed by atoms with Crippen LogP contribution in [0.5, 0.6) is 0 Å². The fourth-order valence-electron chi connectivity index (χ4n) is 1.44. The van der Waals surface area contributed by atoms with E-state index in [1.54, 1.807) is 20.8 Å². The molecular formula is C11H15NO3S. The largest absolute Gasteiger partial charge is 0.289 e. The molecule has 0 aliphatic heterocycles. The molecule has 0 bridgehead atoms. The molecule has 16 heavy (non-hydrogen) atoms. The monoisotopic (exact) mass is 241 g/mol. The van der Waals surface area contributed by atoms with Crippen LogP contribution in [0.25, 0.3) is 0 Å². The zero-order valence-corrected chi connectivity index (χ0v) is 10.5. The summed E-state index contributed by atoms with van der Waals surface area (Å²) in [5.41, 5.74) is 1.37. The van der Waals surface area contributed by atoms with Gasteiger partial charge in [-0.05, 0) is 43.6 Å². The van der Waals surface area contributed by atoms with Crippen molar-refractivity contribution in [2.45, 2.75) is 27.2 Å². The van der Waals surface area contributed by atoms with E-state index in [-0.39, 0.29) is 11.5 Å². The molecule has 5 heteroatoms. The summed E-state index contributed by atoms with van der Waals surface area (Å²) in [6.45, 7) is 5.09. The van der Waals surface area contributed by atoms with Crippen LogP contribution >= 0.6 is 0 Å². The molecule has 0 unspecified atom stereocenters. The van der Waals surface area contributed by atoms with E-state index in [1.165, 1.54) is 12.2 Å². The smallest absolute Gasteiger partial charge is 0.253 e. The lowest BCUT2D eigenvalue weighted by molar-refractivity contribution is -0.112. The maximum Gasteiger partial charge on any atom is 0.253 e. The average Bonchev–Trinajstić information content (AvgIpc) is 2.13. The van der Waals surface area contributed by atoms with Gasteiger partial charge in [0.2, 0.25) is 0 Å². The molecule has 0 saturated carbocycles. The Morgan fingerprint density at radius 1 is 1.19 bits per heavy atom. The van der Waals surface area contributed by atoms with E-state index in [0.29, 0.717) is 23.3 Å². The second-order valence-corrected chi connectivity index (χ2v) is 5.54. The lowest BCUT2D eigenvalue weighted by Crippen LogP contribution is -2.12. The van der Waals surface area contributed by atoms with Crippen LogP contribution < -0.4 is 0 Å². The Bertz CT molecular complexity index is 471. The van der Waals surface area contributed by atoms with Crippen LogP contribution in [0.4, 0.5) is 0 Å². The Labute approximate surface area is 95.8 Å². The third-order valence-corrected chi connectivity index (χ3v) is 3.56. The number of hydrogen-bond donors (Lipinski definition) is 0. The number of carbonyl (C=O) groups is 1. The van der Waals surface area contributed by atoms with Crippen molar-refractivity contribution in [2.75, 3.05) is 5.75 Å². The fourth-order valence-corrected chi connectivity index (χ4v) is 2.48. The summed E-state index contributed by atoms with van der Waals surface area (Å²) in [7, 11) is -3.41. The first-order chi connectivity index (χ1) is 7.35. The van der Waals surface area contributed by atoms with Gasteiger partial charge in [-0.15, -0.1) is 0 Å². The molecule has 0 atom stereocenters. The molecule has 0 spiro atoms. The van der Waals surface area contributed by atoms with Crippen molar-refractivity contribution in [3.05, 3.63) is 23.3 Å². The predicted molar refractivity (Wildman–Crippen MR) is 64.0 cm³/mol. The molecule has 0 N–H and O–H groups in total. The highest BCUT2D eigenvalue weighted by atomic mass is 32.2. The first-order valence-electron chi connectivity index (χ1n) is 5.09. The SMILES string of the molecule is CCCS(=O)(=O)N=C1C=C(C)C(=O)C(C)=C1. The number of allylic oxidation sites excluding steroid dienone is 4. The highest BCUT2D eigenvalue weighted by Gasteiger charge is 2.15. The summed E-state index contributed by atoms with van der Waals surface area (Å²) >= 11 is 0. The Balaban J connectivity index is 3.09. The van der Waals surface area contributed by atoms with Crippen LogP contribution in [0, 0.1) is 0 Å². The molecule has 0 saturated heterocycles. The Kier molecular flexibility index (Phi) is 3.80. The molecule has 0 aromatic heterocycles. The van der Waals surface area contributed by atoms with Gasteiger partial charge >= 0.3 is 0 Å². The highest BCUT2D eigenvalue weighted by molar-refractivity contribution is 7.90. The summed E-state index contributed by atoms with van der Waals surface area (Å²) in [5.74, 6) is -0.0311. The molecular weight excluding hydrogens is 226 g/mol. The average molecular weight is 241 g/mol. The van der Waals surface area contributed by atoms with Crippen molar-refractivity contribution in [1.29, 1.82) is 0 Å². The van der Waals surface area contributed by atoms with Crippen molar-refractivity contribution < 1.29 is 13.2 Å². The van der Waals surface area contributed by atoms with Crippen molar-refractivity contribution in [3.8, 4) is 0 Å². The molecule has 0 aromatic carbocycles. The van der Waals surface area contributed by atoms with Gasteiger partial charge in [0, 0.05) is 0 Å². The number of hydrogen-bond acceptors (Lipinski definition) is 3. The molecule has 0 fully saturated rings. The number of rotatable bonds is 3. The predicted octanol–water partition coefficient (Wildman–Crippen LogP) is 1.64.